The van der Waals surface area contributed by atoms with Gasteiger partial charge in [0.2, 0.25) is 5.91 Å². The van der Waals surface area contributed by atoms with Gasteiger partial charge in [-0.1, -0.05) is 29.8 Å². The monoisotopic (exact) mass is 391 g/mol. The Bertz CT molecular complexity index is 1170. The zero-order valence-corrected chi connectivity index (χ0v) is 16.2. The van der Waals surface area contributed by atoms with E-state index in [2.05, 4.69) is 20.4 Å². The molecule has 2 heterocycles. The van der Waals surface area contributed by atoms with E-state index in [0.29, 0.717) is 16.4 Å². The van der Waals surface area contributed by atoms with Crippen LogP contribution in [-0.4, -0.2) is 25.7 Å². The molecule has 2 aromatic heterocycles. The average molecular weight is 392 g/mol. The number of nitrogens with zero attached hydrogens (tertiary/aromatic N) is 4. The van der Waals surface area contributed by atoms with Crippen LogP contribution in [0.5, 0.6) is 0 Å². The molecule has 0 aliphatic rings. The van der Waals surface area contributed by atoms with E-state index in [0.717, 1.165) is 27.7 Å². The predicted octanol–water partition coefficient (Wildman–Crippen LogP) is 4.27. The molecule has 28 heavy (non-hydrogen) atoms. The number of halogens is 1. The molecule has 0 fully saturated rings. The molecule has 4 aromatic rings. The fourth-order valence-corrected chi connectivity index (χ4v) is 3.50. The Morgan fingerprint density at radius 1 is 1.18 bits per heavy atom. The van der Waals surface area contributed by atoms with Crippen LogP contribution in [0.15, 0.2) is 55.1 Å². The summed E-state index contributed by atoms with van der Waals surface area (Å²) in [6.07, 6.45) is 3.23. The van der Waals surface area contributed by atoms with Crippen LogP contribution < -0.4 is 5.32 Å². The Balaban J connectivity index is 1.64. The topological polar surface area (TPSA) is 72.7 Å². The molecular weight excluding hydrogens is 374 g/mol. The maximum Gasteiger partial charge on any atom is 0.228 e. The Morgan fingerprint density at radius 2 is 2.00 bits per heavy atom. The average Bonchev–Trinajstić information content (AvgIpc) is 3.20. The molecule has 7 heteroatoms. The van der Waals surface area contributed by atoms with Crippen molar-refractivity contribution in [1.82, 2.24) is 19.7 Å². The summed E-state index contributed by atoms with van der Waals surface area (Å²) >= 11 is 6.13. The normalized spacial score (nSPS) is 11.0. The standard InChI is InChI=1S/C21H18ClN5O/c1-13-16-5-3-4-6-18(16)25-14(2)17(13)10-21(28)26-19-9-15(22)7-8-20(19)27-12-23-11-24-27/h3-9,11-12H,10H2,1-2H3,(H,26,28). The zero-order chi connectivity index (χ0) is 19.7. The van der Waals surface area contributed by atoms with Gasteiger partial charge in [-0.3, -0.25) is 9.78 Å². The van der Waals surface area contributed by atoms with E-state index in [1.165, 1.54) is 6.33 Å². The van der Waals surface area contributed by atoms with Gasteiger partial charge in [0.1, 0.15) is 12.7 Å². The van der Waals surface area contributed by atoms with Crippen molar-refractivity contribution in [1.29, 1.82) is 0 Å². The minimum absolute atomic E-state index is 0.146. The number of aromatic nitrogens is 4. The van der Waals surface area contributed by atoms with Crippen molar-refractivity contribution in [3.63, 3.8) is 0 Å². The van der Waals surface area contributed by atoms with E-state index in [4.69, 9.17) is 11.6 Å². The van der Waals surface area contributed by atoms with Crippen LogP contribution in [0.4, 0.5) is 5.69 Å². The summed E-state index contributed by atoms with van der Waals surface area (Å²) in [5, 5.41) is 8.67. The van der Waals surface area contributed by atoms with E-state index in [9.17, 15) is 4.79 Å². The molecule has 4 rings (SSSR count). The summed E-state index contributed by atoms with van der Waals surface area (Å²) < 4.78 is 1.58. The number of para-hydroxylation sites is 1. The Labute approximate surface area is 167 Å². The van der Waals surface area contributed by atoms with Crippen molar-refractivity contribution in [3.8, 4) is 5.69 Å². The lowest BCUT2D eigenvalue weighted by atomic mass is 9.99. The van der Waals surface area contributed by atoms with Gasteiger partial charge >= 0.3 is 0 Å². The van der Waals surface area contributed by atoms with Crippen LogP contribution in [0.1, 0.15) is 16.8 Å². The second-order valence-electron chi connectivity index (χ2n) is 6.54. The third-order valence-corrected chi connectivity index (χ3v) is 4.96. The minimum atomic E-state index is -0.146. The first kappa shape index (κ1) is 18.1. The van der Waals surface area contributed by atoms with Gasteiger partial charge in [-0.15, -0.1) is 0 Å². The van der Waals surface area contributed by atoms with Crippen LogP contribution in [0, 0.1) is 13.8 Å². The van der Waals surface area contributed by atoms with E-state index < -0.39 is 0 Å². The van der Waals surface area contributed by atoms with Gasteiger partial charge in [-0.25, -0.2) is 9.67 Å². The molecule has 0 radical (unpaired) electrons. The number of hydrogen-bond donors (Lipinski definition) is 1. The highest BCUT2D eigenvalue weighted by atomic mass is 35.5. The Kier molecular flexibility index (Phi) is 4.79. The maximum absolute atomic E-state index is 12.8. The molecule has 0 spiro atoms. The summed E-state index contributed by atoms with van der Waals surface area (Å²) in [6.45, 7) is 3.96. The van der Waals surface area contributed by atoms with Crippen LogP contribution in [0.25, 0.3) is 16.6 Å². The Hall–Kier alpha value is -3.25. The molecule has 0 saturated carbocycles. The molecule has 140 valence electrons. The molecule has 1 amide bonds. The van der Waals surface area contributed by atoms with Crippen molar-refractivity contribution in [3.05, 3.63) is 77.0 Å². The fraction of sp³-hybridized carbons (Fsp3) is 0.143. The molecule has 6 nitrogen and oxygen atoms in total. The van der Waals surface area contributed by atoms with E-state index in [1.54, 1.807) is 29.2 Å². The number of fused-ring (bicyclic) bond motifs is 1. The van der Waals surface area contributed by atoms with Gasteiger partial charge in [0.05, 0.1) is 23.3 Å². The molecule has 0 aliphatic carbocycles. The first-order chi connectivity index (χ1) is 13.5. The highest BCUT2D eigenvalue weighted by Crippen LogP contribution is 2.26. The molecule has 1 N–H and O–H groups in total. The summed E-state index contributed by atoms with van der Waals surface area (Å²) in [5.74, 6) is -0.146. The van der Waals surface area contributed by atoms with Gasteiger partial charge in [-0.2, -0.15) is 5.10 Å². The lowest BCUT2D eigenvalue weighted by Gasteiger charge is -2.14. The molecule has 0 aliphatic heterocycles. The van der Waals surface area contributed by atoms with E-state index in [-0.39, 0.29) is 12.3 Å². The quantitative estimate of drug-likeness (QED) is 0.564. The summed E-state index contributed by atoms with van der Waals surface area (Å²) in [7, 11) is 0. The molecule has 0 saturated heterocycles. The van der Waals surface area contributed by atoms with Crippen molar-refractivity contribution in [2.45, 2.75) is 20.3 Å². The van der Waals surface area contributed by atoms with Gasteiger partial charge in [0.25, 0.3) is 0 Å². The number of rotatable bonds is 4. The molecule has 0 bridgehead atoms. The molecule has 2 aromatic carbocycles. The molecular formula is C21H18ClN5O. The number of carbonyl (C=O) groups excluding carboxylic acids is 1. The third kappa shape index (κ3) is 3.46. The third-order valence-electron chi connectivity index (χ3n) is 4.72. The predicted molar refractivity (Wildman–Crippen MR) is 110 cm³/mol. The second-order valence-corrected chi connectivity index (χ2v) is 6.98. The maximum atomic E-state index is 12.8. The van der Waals surface area contributed by atoms with Gasteiger partial charge in [0, 0.05) is 16.1 Å². The molecule has 0 unspecified atom stereocenters. The SMILES string of the molecule is Cc1nc2ccccc2c(C)c1CC(=O)Nc1cc(Cl)ccc1-n1cncn1. The van der Waals surface area contributed by atoms with Crippen LogP contribution in [-0.2, 0) is 11.2 Å². The summed E-state index contributed by atoms with van der Waals surface area (Å²) in [4.78, 5) is 21.4. The van der Waals surface area contributed by atoms with Crippen molar-refractivity contribution in [2.24, 2.45) is 0 Å². The number of hydrogen-bond acceptors (Lipinski definition) is 4. The van der Waals surface area contributed by atoms with Crippen LogP contribution >= 0.6 is 11.6 Å². The molecule has 0 atom stereocenters. The lowest BCUT2D eigenvalue weighted by Crippen LogP contribution is -2.18. The second kappa shape index (κ2) is 7.40. The van der Waals surface area contributed by atoms with E-state index in [1.807, 2.05) is 38.1 Å². The van der Waals surface area contributed by atoms with Crippen molar-refractivity contribution < 1.29 is 4.79 Å². The zero-order valence-electron chi connectivity index (χ0n) is 15.5. The summed E-state index contributed by atoms with van der Waals surface area (Å²) in [5.41, 5.74) is 5.06. The Morgan fingerprint density at radius 3 is 2.79 bits per heavy atom. The fourth-order valence-electron chi connectivity index (χ4n) is 3.33. The first-order valence-corrected chi connectivity index (χ1v) is 9.20. The number of amides is 1. The number of nitrogens with one attached hydrogen (secondary N) is 1. The lowest BCUT2D eigenvalue weighted by molar-refractivity contribution is -0.115. The van der Waals surface area contributed by atoms with Gasteiger partial charge in [-0.05, 0) is 49.2 Å². The number of pyridine rings is 1. The van der Waals surface area contributed by atoms with Crippen molar-refractivity contribution in [2.75, 3.05) is 5.32 Å². The number of aryl methyl sites for hydroxylation is 2. The number of carbonyl (C=O) groups is 1. The summed E-state index contributed by atoms with van der Waals surface area (Å²) in [6, 6.07) is 13.2. The van der Waals surface area contributed by atoms with Gasteiger partial charge < -0.3 is 5.32 Å². The number of anilines is 1. The van der Waals surface area contributed by atoms with Crippen LogP contribution in [0.3, 0.4) is 0 Å². The highest BCUT2D eigenvalue weighted by Gasteiger charge is 2.15. The van der Waals surface area contributed by atoms with Crippen LogP contribution in [0.2, 0.25) is 5.02 Å². The highest BCUT2D eigenvalue weighted by molar-refractivity contribution is 6.31. The largest absolute Gasteiger partial charge is 0.324 e. The smallest absolute Gasteiger partial charge is 0.228 e. The minimum Gasteiger partial charge on any atom is -0.324 e. The van der Waals surface area contributed by atoms with Crippen molar-refractivity contribution >= 4 is 34.1 Å². The van der Waals surface area contributed by atoms with E-state index >= 15 is 0 Å². The van der Waals surface area contributed by atoms with Gasteiger partial charge in [0.15, 0.2) is 0 Å². The first-order valence-electron chi connectivity index (χ1n) is 8.82. The number of benzene rings is 2.